The van der Waals surface area contributed by atoms with Gasteiger partial charge in [-0.15, -0.1) is 5.10 Å². The van der Waals surface area contributed by atoms with Crippen LogP contribution in [0, 0.1) is 0 Å². The molecule has 1 aliphatic rings. The van der Waals surface area contributed by atoms with E-state index in [2.05, 4.69) is 25.8 Å². The maximum Gasteiger partial charge on any atom is 0.249 e. The predicted octanol–water partition coefficient (Wildman–Crippen LogP) is 3.98. The normalized spacial score (nSPS) is 13.3. The molecular weight excluding hydrogens is 302 g/mol. The van der Waals surface area contributed by atoms with E-state index in [0.29, 0.717) is 17.7 Å². The van der Waals surface area contributed by atoms with Crippen molar-refractivity contribution < 1.29 is 4.74 Å². The quantitative estimate of drug-likeness (QED) is 0.716. The van der Waals surface area contributed by atoms with Crippen LogP contribution in [0.4, 0.5) is 17.5 Å². The molecular formula is C18H17N5O. The Labute approximate surface area is 139 Å². The van der Waals surface area contributed by atoms with Crippen LogP contribution in [0.5, 0.6) is 11.5 Å². The molecule has 1 heterocycles. The molecule has 1 saturated carbocycles. The minimum Gasteiger partial charge on any atom is -0.455 e. The van der Waals surface area contributed by atoms with Gasteiger partial charge in [0.1, 0.15) is 5.75 Å². The van der Waals surface area contributed by atoms with Gasteiger partial charge in [0.15, 0.2) is 11.6 Å². The Morgan fingerprint density at radius 3 is 2.58 bits per heavy atom. The molecule has 24 heavy (non-hydrogen) atoms. The number of aromatic nitrogens is 3. The number of para-hydroxylation sites is 3. The van der Waals surface area contributed by atoms with Crippen molar-refractivity contribution in [2.45, 2.75) is 18.9 Å². The van der Waals surface area contributed by atoms with Gasteiger partial charge in [-0.2, -0.15) is 10.1 Å². The van der Waals surface area contributed by atoms with Crippen LogP contribution in [0.2, 0.25) is 0 Å². The molecule has 3 aromatic rings. The third-order valence-corrected chi connectivity index (χ3v) is 3.59. The Kier molecular flexibility index (Phi) is 3.93. The summed E-state index contributed by atoms with van der Waals surface area (Å²) in [5, 5.41) is 14.5. The zero-order valence-electron chi connectivity index (χ0n) is 13.0. The number of nitrogens with one attached hydrogen (secondary N) is 2. The Hall–Kier alpha value is -3.15. The van der Waals surface area contributed by atoms with E-state index in [-0.39, 0.29) is 0 Å². The first kappa shape index (κ1) is 14.4. The second kappa shape index (κ2) is 6.54. The van der Waals surface area contributed by atoms with Gasteiger partial charge in [-0.3, -0.25) is 0 Å². The van der Waals surface area contributed by atoms with Gasteiger partial charge in [0.25, 0.3) is 0 Å². The van der Waals surface area contributed by atoms with Crippen molar-refractivity contribution >= 4 is 17.5 Å². The summed E-state index contributed by atoms with van der Waals surface area (Å²) in [7, 11) is 0. The average molecular weight is 319 g/mol. The van der Waals surface area contributed by atoms with Gasteiger partial charge in [0.05, 0.1) is 11.9 Å². The summed E-state index contributed by atoms with van der Waals surface area (Å²) in [4.78, 5) is 4.44. The third-order valence-electron chi connectivity index (χ3n) is 3.59. The lowest BCUT2D eigenvalue weighted by molar-refractivity contribution is 0.485. The van der Waals surface area contributed by atoms with Crippen molar-refractivity contribution in [3.05, 3.63) is 60.8 Å². The van der Waals surface area contributed by atoms with Crippen LogP contribution in [0.15, 0.2) is 60.8 Å². The van der Waals surface area contributed by atoms with Gasteiger partial charge in [-0.05, 0) is 37.1 Å². The molecule has 6 heteroatoms. The smallest absolute Gasteiger partial charge is 0.249 e. The molecule has 2 N–H and O–H groups in total. The van der Waals surface area contributed by atoms with Crippen LogP contribution in [0.25, 0.3) is 0 Å². The fraction of sp³-hybridized carbons (Fsp3) is 0.167. The second-order valence-corrected chi connectivity index (χ2v) is 5.62. The highest BCUT2D eigenvalue weighted by atomic mass is 16.5. The summed E-state index contributed by atoms with van der Waals surface area (Å²) in [5.41, 5.74) is 0.784. The first-order valence-corrected chi connectivity index (χ1v) is 7.92. The van der Waals surface area contributed by atoms with Crippen LogP contribution in [0.3, 0.4) is 0 Å². The van der Waals surface area contributed by atoms with E-state index in [1.54, 1.807) is 6.20 Å². The van der Waals surface area contributed by atoms with Crippen LogP contribution >= 0.6 is 0 Å². The fourth-order valence-electron chi connectivity index (χ4n) is 2.26. The van der Waals surface area contributed by atoms with E-state index in [9.17, 15) is 0 Å². The van der Waals surface area contributed by atoms with E-state index >= 15 is 0 Å². The minimum atomic E-state index is 0.435. The molecule has 6 nitrogen and oxygen atoms in total. The van der Waals surface area contributed by atoms with E-state index in [1.807, 2.05) is 54.6 Å². The summed E-state index contributed by atoms with van der Waals surface area (Å²) in [6.45, 7) is 0. The summed E-state index contributed by atoms with van der Waals surface area (Å²) in [5.74, 6) is 2.64. The number of benzene rings is 2. The largest absolute Gasteiger partial charge is 0.455 e. The zero-order valence-corrected chi connectivity index (χ0v) is 13.0. The number of rotatable bonds is 6. The SMILES string of the molecule is c1ccc(Oc2ccccc2Nc2nncc(NC3CC3)n2)cc1. The fourth-order valence-corrected chi connectivity index (χ4v) is 2.26. The van der Waals surface area contributed by atoms with Gasteiger partial charge < -0.3 is 15.4 Å². The Morgan fingerprint density at radius 1 is 0.958 bits per heavy atom. The molecule has 0 atom stereocenters. The number of anilines is 3. The van der Waals surface area contributed by atoms with Crippen LogP contribution < -0.4 is 15.4 Å². The molecule has 1 aliphatic carbocycles. The first-order chi connectivity index (χ1) is 11.9. The maximum absolute atomic E-state index is 5.93. The zero-order chi connectivity index (χ0) is 16.2. The van der Waals surface area contributed by atoms with E-state index in [0.717, 1.165) is 17.3 Å². The maximum atomic E-state index is 5.93. The molecule has 0 saturated heterocycles. The molecule has 0 bridgehead atoms. The Morgan fingerprint density at radius 2 is 1.75 bits per heavy atom. The minimum absolute atomic E-state index is 0.435. The van der Waals surface area contributed by atoms with Gasteiger partial charge >= 0.3 is 0 Å². The lowest BCUT2D eigenvalue weighted by Crippen LogP contribution is -2.07. The predicted molar refractivity (Wildman–Crippen MR) is 92.7 cm³/mol. The van der Waals surface area contributed by atoms with E-state index < -0.39 is 0 Å². The molecule has 120 valence electrons. The number of ether oxygens (including phenoxy) is 1. The topological polar surface area (TPSA) is 72.0 Å². The highest BCUT2D eigenvalue weighted by Crippen LogP contribution is 2.31. The monoisotopic (exact) mass is 319 g/mol. The summed E-state index contributed by atoms with van der Waals surface area (Å²) in [6.07, 6.45) is 4.00. The van der Waals surface area contributed by atoms with Gasteiger partial charge in [0.2, 0.25) is 5.95 Å². The first-order valence-electron chi connectivity index (χ1n) is 7.92. The molecule has 0 radical (unpaired) electrons. The lowest BCUT2D eigenvalue weighted by Gasteiger charge is -2.12. The van der Waals surface area contributed by atoms with Crippen molar-refractivity contribution in [3.63, 3.8) is 0 Å². The highest BCUT2D eigenvalue weighted by molar-refractivity contribution is 5.63. The average Bonchev–Trinajstić information content (AvgIpc) is 3.42. The van der Waals surface area contributed by atoms with Gasteiger partial charge in [-0.25, -0.2) is 0 Å². The molecule has 1 aromatic heterocycles. The van der Waals surface area contributed by atoms with Gasteiger partial charge in [-0.1, -0.05) is 30.3 Å². The van der Waals surface area contributed by atoms with Crippen molar-refractivity contribution in [1.29, 1.82) is 0 Å². The summed E-state index contributed by atoms with van der Waals surface area (Å²) < 4.78 is 5.93. The van der Waals surface area contributed by atoms with E-state index in [4.69, 9.17) is 4.74 Å². The molecule has 2 aromatic carbocycles. The summed E-state index contributed by atoms with van der Waals surface area (Å²) in [6, 6.07) is 17.8. The Bertz CT molecular complexity index is 820. The summed E-state index contributed by atoms with van der Waals surface area (Å²) >= 11 is 0. The lowest BCUT2D eigenvalue weighted by atomic mass is 10.3. The Balaban J connectivity index is 1.54. The van der Waals surface area contributed by atoms with E-state index in [1.165, 1.54) is 12.8 Å². The molecule has 0 amide bonds. The molecule has 0 unspecified atom stereocenters. The standard InChI is InChI=1S/C18H17N5O/c1-2-6-14(7-3-1)24-16-9-5-4-8-15(16)21-18-22-17(12-19-23-18)20-13-10-11-13/h1-9,12-13H,10-11H2,(H2,20,21,22,23). The van der Waals surface area contributed by atoms with Crippen molar-refractivity contribution in [3.8, 4) is 11.5 Å². The molecule has 4 rings (SSSR count). The molecule has 1 fully saturated rings. The van der Waals surface area contributed by atoms with Crippen LogP contribution in [-0.4, -0.2) is 21.2 Å². The van der Waals surface area contributed by atoms with Gasteiger partial charge in [0, 0.05) is 6.04 Å². The number of hydrogen-bond donors (Lipinski definition) is 2. The third kappa shape index (κ3) is 3.60. The second-order valence-electron chi connectivity index (χ2n) is 5.62. The number of nitrogens with zero attached hydrogens (tertiary/aromatic N) is 3. The van der Waals surface area contributed by atoms with Crippen LogP contribution in [0.1, 0.15) is 12.8 Å². The molecule has 0 spiro atoms. The highest BCUT2D eigenvalue weighted by Gasteiger charge is 2.21. The van der Waals surface area contributed by atoms with Crippen molar-refractivity contribution in [1.82, 2.24) is 15.2 Å². The van der Waals surface area contributed by atoms with Crippen molar-refractivity contribution in [2.24, 2.45) is 0 Å². The van der Waals surface area contributed by atoms with Crippen LogP contribution in [-0.2, 0) is 0 Å². The molecule has 0 aliphatic heterocycles. The number of hydrogen-bond acceptors (Lipinski definition) is 6. The van der Waals surface area contributed by atoms with Crippen molar-refractivity contribution in [2.75, 3.05) is 10.6 Å².